The van der Waals surface area contributed by atoms with Crippen LogP contribution in [0.3, 0.4) is 0 Å². The van der Waals surface area contributed by atoms with Crippen LogP contribution in [-0.4, -0.2) is 58.2 Å². The van der Waals surface area contributed by atoms with Crippen molar-refractivity contribution in [2.75, 3.05) is 27.3 Å². The van der Waals surface area contributed by atoms with E-state index in [1.807, 2.05) is 11.8 Å². The molecule has 156 valence electrons. The molecule has 30 heavy (non-hydrogen) atoms. The number of hydrogen-bond acceptors (Lipinski definition) is 8. The second-order valence-electron chi connectivity index (χ2n) is 7.13. The number of hydrogen-bond donors (Lipinski definition) is 0. The summed E-state index contributed by atoms with van der Waals surface area (Å²) < 4.78 is 15.9. The highest BCUT2D eigenvalue weighted by molar-refractivity contribution is 5.97. The van der Waals surface area contributed by atoms with Crippen LogP contribution in [0.4, 0.5) is 0 Å². The van der Waals surface area contributed by atoms with E-state index in [1.165, 1.54) is 0 Å². The fourth-order valence-electron chi connectivity index (χ4n) is 3.49. The lowest BCUT2D eigenvalue weighted by Crippen LogP contribution is -2.38. The summed E-state index contributed by atoms with van der Waals surface area (Å²) in [6.45, 7) is 3.08. The Labute approximate surface area is 174 Å². The van der Waals surface area contributed by atoms with E-state index in [0.717, 1.165) is 18.5 Å². The molecule has 3 heterocycles. The van der Waals surface area contributed by atoms with Gasteiger partial charge < -0.3 is 18.9 Å². The van der Waals surface area contributed by atoms with Crippen molar-refractivity contribution in [2.24, 2.45) is 0 Å². The lowest BCUT2D eigenvalue weighted by molar-refractivity contribution is 0.0707. The van der Waals surface area contributed by atoms with E-state index in [0.29, 0.717) is 47.6 Å². The molecular weight excluding hydrogens is 386 g/mol. The number of methoxy groups -OCH3 is 2. The Morgan fingerprint density at radius 1 is 1.13 bits per heavy atom. The Morgan fingerprint density at radius 3 is 2.60 bits per heavy atom. The van der Waals surface area contributed by atoms with Gasteiger partial charge >= 0.3 is 0 Å². The van der Waals surface area contributed by atoms with Gasteiger partial charge in [-0.25, -0.2) is 4.98 Å². The summed E-state index contributed by atoms with van der Waals surface area (Å²) in [5.74, 6) is 2.22. The highest BCUT2D eigenvalue weighted by Gasteiger charge is 2.29. The first kappa shape index (κ1) is 19.8. The molecule has 9 heteroatoms. The highest BCUT2D eigenvalue weighted by Crippen LogP contribution is 2.30. The average Bonchev–Trinajstić information content (AvgIpc) is 3.29. The van der Waals surface area contributed by atoms with Gasteiger partial charge in [0.2, 0.25) is 0 Å². The summed E-state index contributed by atoms with van der Waals surface area (Å²) in [4.78, 5) is 27.8. The maximum atomic E-state index is 13.0. The van der Waals surface area contributed by atoms with E-state index < -0.39 is 0 Å². The predicted molar refractivity (Wildman–Crippen MR) is 107 cm³/mol. The summed E-state index contributed by atoms with van der Waals surface area (Å²) in [6, 6.07) is 5.21. The Balaban J connectivity index is 1.42. The summed E-state index contributed by atoms with van der Waals surface area (Å²) in [6.07, 6.45) is 4.79. The van der Waals surface area contributed by atoms with Crippen molar-refractivity contribution in [1.29, 1.82) is 0 Å². The Hall–Kier alpha value is -3.49. The summed E-state index contributed by atoms with van der Waals surface area (Å²) in [5, 5.41) is 4.12. The Bertz CT molecular complexity index is 1030. The molecule has 1 aliphatic rings. The molecule has 1 aromatic carbocycles. The third-order valence-corrected chi connectivity index (χ3v) is 5.23. The third-order valence-electron chi connectivity index (χ3n) is 5.23. The van der Waals surface area contributed by atoms with Crippen molar-refractivity contribution in [1.82, 2.24) is 25.0 Å². The van der Waals surface area contributed by atoms with E-state index in [2.05, 4.69) is 20.1 Å². The third kappa shape index (κ3) is 3.96. The van der Waals surface area contributed by atoms with Crippen LogP contribution in [0.15, 0.2) is 35.1 Å². The molecule has 2 aromatic heterocycles. The molecule has 3 aromatic rings. The molecule has 0 aliphatic carbocycles. The van der Waals surface area contributed by atoms with Gasteiger partial charge in [-0.05, 0) is 31.9 Å². The van der Waals surface area contributed by atoms with Crippen LogP contribution in [-0.2, 0) is 0 Å². The number of carbonyl (C=O) groups excluding carboxylic acids is 1. The van der Waals surface area contributed by atoms with Crippen LogP contribution in [0.2, 0.25) is 0 Å². The lowest BCUT2D eigenvalue weighted by Gasteiger charge is -2.31. The molecule has 0 radical (unpaired) electrons. The molecule has 1 saturated heterocycles. The first-order valence-electron chi connectivity index (χ1n) is 9.73. The SMILES string of the molecule is COc1ccc(C(=O)N2CCC(c3noc(-c4cnc(C)cn4)n3)CC2)c(OC)c1. The zero-order chi connectivity index (χ0) is 21.1. The number of aromatic nitrogens is 4. The number of carbonyl (C=O) groups is 1. The van der Waals surface area contributed by atoms with Gasteiger partial charge in [0.1, 0.15) is 17.2 Å². The van der Waals surface area contributed by atoms with Crippen LogP contribution in [0.25, 0.3) is 11.6 Å². The maximum Gasteiger partial charge on any atom is 0.278 e. The summed E-state index contributed by atoms with van der Waals surface area (Å²) >= 11 is 0. The minimum absolute atomic E-state index is 0.0586. The van der Waals surface area contributed by atoms with Gasteiger partial charge in [0, 0.05) is 31.3 Å². The van der Waals surface area contributed by atoms with E-state index >= 15 is 0 Å². The number of benzene rings is 1. The van der Waals surface area contributed by atoms with E-state index in [-0.39, 0.29) is 11.8 Å². The second-order valence-corrected chi connectivity index (χ2v) is 7.13. The molecule has 0 unspecified atom stereocenters. The van der Waals surface area contributed by atoms with Crippen LogP contribution >= 0.6 is 0 Å². The van der Waals surface area contributed by atoms with Gasteiger partial charge in [-0.3, -0.25) is 9.78 Å². The normalized spacial score (nSPS) is 14.6. The van der Waals surface area contributed by atoms with Gasteiger partial charge in [-0.15, -0.1) is 0 Å². The molecule has 0 spiro atoms. The van der Waals surface area contributed by atoms with Crippen molar-refractivity contribution in [3.05, 3.63) is 47.7 Å². The van der Waals surface area contributed by atoms with Crippen molar-refractivity contribution >= 4 is 5.91 Å². The molecular formula is C21H23N5O4. The number of nitrogens with zero attached hydrogens (tertiary/aromatic N) is 5. The number of piperidine rings is 1. The smallest absolute Gasteiger partial charge is 0.278 e. The minimum Gasteiger partial charge on any atom is -0.497 e. The fraction of sp³-hybridized carbons (Fsp3) is 0.381. The number of rotatable bonds is 5. The zero-order valence-corrected chi connectivity index (χ0v) is 17.2. The number of likely N-dealkylation sites (tertiary alicyclic amines) is 1. The van der Waals surface area contributed by atoms with Crippen molar-refractivity contribution in [2.45, 2.75) is 25.7 Å². The van der Waals surface area contributed by atoms with Crippen LogP contribution in [0.1, 0.15) is 40.6 Å². The standard InChI is InChI=1S/C21H23N5O4/c1-13-11-23-17(12-22-13)20-24-19(25-30-20)14-6-8-26(9-7-14)21(27)16-5-4-15(28-2)10-18(16)29-3/h4-5,10-12,14H,6-9H2,1-3H3. The molecule has 4 rings (SSSR count). The van der Waals surface area contributed by atoms with Gasteiger partial charge in [0.05, 0.1) is 31.7 Å². The lowest BCUT2D eigenvalue weighted by atomic mass is 9.95. The van der Waals surface area contributed by atoms with Crippen LogP contribution in [0.5, 0.6) is 11.5 Å². The number of ether oxygens (including phenoxy) is 2. The van der Waals surface area contributed by atoms with E-state index in [9.17, 15) is 4.79 Å². The summed E-state index contributed by atoms with van der Waals surface area (Å²) in [7, 11) is 3.12. The van der Waals surface area contributed by atoms with Gasteiger partial charge in [0.15, 0.2) is 5.82 Å². The number of amides is 1. The highest BCUT2D eigenvalue weighted by atomic mass is 16.5. The van der Waals surface area contributed by atoms with Crippen molar-refractivity contribution in [3.63, 3.8) is 0 Å². The molecule has 1 fully saturated rings. The molecule has 0 bridgehead atoms. The van der Waals surface area contributed by atoms with Gasteiger partial charge in [-0.2, -0.15) is 4.98 Å². The van der Waals surface area contributed by atoms with Crippen molar-refractivity contribution in [3.8, 4) is 23.1 Å². The van der Waals surface area contributed by atoms with Gasteiger partial charge in [-0.1, -0.05) is 5.16 Å². The molecule has 1 amide bonds. The van der Waals surface area contributed by atoms with Crippen molar-refractivity contribution < 1.29 is 18.8 Å². The number of aryl methyl sites for hydroxylation is 1. The minimum atomic E-state index is -0.0586. The zero-order valence-electron chi connectivity index (χ0n) is 17.2. The fourth-order valence-corrected chi connectivity index (χ4v) is 3.49. The monoisotopic (exact) mass is 409 g/mol. The first-order chi connectivity index (χ1) is 14.6. The van der Waals surface area contributed by atoms with Crippen LogP contribution < -0.4 is 9.47 Å². The largest absolute Gasteiger partial charge is 0.497 e. The second kappa shape index (κ2) is 8.48. The van der Waals surface area contributed by atoms with E-state index in [4.69, 9.17) is 14.0 Å². The molecule has 0 N–H and O–H groups in total. The molecule has 0 atom stereocenters. The van der Waals surface area contributed by atoms with Crippen LogP contribution in [0, 0.1) is 6.92 Å². The predicted octanol–water partition coefficient (Wildman–Crippen LogP) is 2.87. The molecule has 9 nitrogen and oxygen atoms in total. The Kier molecular flexibility index (Phi) is 5.60. The topological polar surface area (TPSA) is 103 Å². The van der Waals surface area contributed by atoms with Gasteiger partial charge in [0.25, 0.3) is 11.8 Å². The first-order valence-corrected chi connectivity index (χ1v) is 9.73. The summed E-state index contributed by atoms with van der Waals surface area (Å²) in [5.41, 5.74) is 1.90. The quantitative estimate of drug-likeness (QED) is 0.634. The molecule has 1 aliphatic heterocycles. The maximum absolute atomic E-state index is 13.0. The van der Waals surface area contributed by atoms with E-state index in [1.54, 1.807) is 44.8 Å². The molecule has 0 saturated carbocycles. The Morgan fingerprint density at radius 2 is 1.93 bits per heavy atom. The average molecular weight is 409 g/mol.